The van der Waals surface area contributed by atoms with E-state index in [-0.39, 0.29) is 10.8 Å². The molecule has 0 saturated carbocycles. The Bertz CT molecular complexity index is 911. The smallest absolute Gasteiger partial charge is 0.241 e. The van der Waals surface area contributed by atoms with Crippen LogP contribution in [0.25, 0.3) is 0 Å². The van der Waals surface area contributed by atoms with Crippen molar-refractivity contribution in [3.05, 3.63) is 59.7 Å². The Balaban J connectivity index is 2.48. The molecule has 1 N–H and O–H groups in total. The van der Waals surface area contributed by atoms with Crippen molar-refractivity contribution in [1.82, 2.24) is 4.72 Å². The maximum Gasteiger partial charge on any atom is 0.241 e. The lowest BCUT2D eigenvalue weighted by atomic mass is 9.97. The van der Waals surface area contributed by atoms with Crippen molar-refractivity contribution in [2.75, 3.05) is 0 Å². The summed E-state index contributed by atoms with van der Waals surface area (Å²) < 4.78 is 41.3. The van der Waals surface area contributed by atoms with Gasteiger partial charge in [0, 0.05) is 9.64 Å². The fraction of sp³-hybridized carbons (Fsp3) is 0.429. The monoisotopic (exact) mass is 407 g/mol. The van der Waals surface area contributed by atoms with Gasteiger partial charge >= 0.3 is 0 Å². The normalized spacial score (nSPS) is 14.9. The zero-order valence-electron chi connectivity index (χ0n) is 16.8. The van der Waals surface area contributed by atoms with Crippen LogP contribution < -0.4 is 4.72 Å². The standard InChI is InChI=1S/C21H29NO3S2/c1-15(2)20(22-27(24,25)17-13-11-16(3)12-14-17)18-9-7-8-10-19(18)26(23)21(4,5)6/h7-15,20,22H,1-6H3/t20-,26+/m0/s1. The first-order chi connectivity index (χ1) is 12.4. The molecule has 0 aliphatic carbocycles. The topological polar surface area (TPSA) is 63.2 Å². The van der Waals surface area contributed by atoms with Gasteiger partial charge in [-0.2, -0.15) is 0 Å². The van der Waals surface area contributed by atoms with Gasteiger partial charge in [0.1, 0.15) is 0 Å². The maximum absolute atomic E-state index is 13.0. The molecule has 0 aliphatic rings. The van der Waals surface area contributed by atoms with Crippen molar-refractivity contribution >= 4 is 20.8 Å². The highest BCUT2D eigenvalue weighted by atomic mass is 32.2. The quantitative estimate of drug-likeness (QED) is 0.762. The maximum atomic E-state index is 13.0. The predicted molar refractivity (Wildman–Crippen MR) is 112 cm³/mol. The molecule has 6 heteroatoms. The van der Waals surface area contributed by atoms with Crippen LogP contribution >= 0.6 is 0 Å². The zero-order chi connectivity index (χ0) is 20.4. The van der Waals surface area contributed by atoms with Gasteiger partial charge in [0.2, 0.25) is 10.0 Å². The van der Waals surface area contributed by atoms with Crippen LogP contribution in [0.2, 0.25) is 0 Å². The molecule has 0 spiro atoms. The summed E-state index contributed by atoms with van der Waals surface area (Å²) in [6, 6.07) is 13.7. The molecule has 0 heterocycles. The molecule has 0 amide bonds. The summed E-state index contributed by atoms with van der Waals surface area (Å²) in [7, 11) is -4.96. The Kier molecular flexibility index (Phi) is 6.66. The summed E-state index contributed by atoms with van der Waals surface area (Å²) in [5.74, 6) is -0.0108. The SMILES string of the molecule is Cc1ccc(S(=O)(=O)N[C@H](c2ccccc2[S@@](=O)C(C)(C)C)C(C)C)cc1. The number of rotatable bonds is 6. The third-order valence-electron chi connectivity index (χ3n) is 4.29. The molecule has 4 nitrogen and oxygen atoms in total. The van der Waals surface area contributed by atoms with E-state index in [1.807, 2.05) is 65.8 Å². The minimum atomic E-state index is -3.70. The first kappa shape index (κ1) is 21.8. The fourth-order valence-corrected chi connectivity index (χ4v) is 5.38. The van der Waals surface area contributed by atoms with Crippen LogP contribution in [0.4, 0.5) is 0 Å². The van der Waals surface area contributed by atoms with Crippen LogP contribution in [0, 0.1) is 12.8 Å². The van der Waals surface area contributed by atoms with Crippen molar-refractivity contribution < 1.29 is 12.6 Å². The molecule has 2 aromatic rings. The Morgan fingerprint density at radius 1 is 0.963 bits per heavy atom. The molecule has 2 rings (SSSR count). The average Bonchev–Trinajstić information content (AvgIpc) is 2.58. The Labute approximate surface area is 165 Å². The lowest BCUT2D eigenvalue weighted by Crippen LogP contribution is -2.33. The molecule has 2 aromatic carbocycles. The van der Waals surface area contributed by atoms with Crippen molar-refractivity contribution in [3.8, 4) is 0 Å². The largest absolute Gasteiger partial charge is 0.254 e. The molecular weight excluding hydrogens is 378 g/mol. The second-order valence-corrected chi connectivity index (χ2v) is 12.0. The van der Waals surface area contributed by atoms with Gasteiger partial charge in [-0.3, -0.25) is 4.21 Å². The average molecular weight is 408 g/mol. The van der Waals surface area contributed by atoms with Gasteiger partial charge in [0.25, 0.3) is 0 Å². The first-order valence-corrected chi connectivity index (χ1v) is 11.7. The minimum Gasteiger partial charge on any atom is -0.254 e. The molecule has 2 atom stereocenters. The number of hydrogen-bond donors (Lipinski definition) is 1. The van der Waals surface area contributed by atoms with Gasteiger partial charge in [0.15, 0.2) is 0 Å². The van der Waals surface area contributed by atoms with Gasteiger partial charge in [-0.15, -0.1) is 0 Å². The van der Waals surface area contributed by atoms with Crippen LogP contribution in [0.3, 0.4) is 0 Å². The summed E-state index contributed by atoms with van der Waals surface area (Å²) in [5.41, 5.74) is 1.76. The molecule has 0 fully saturated rings. The Hall–Kier alpha value is -1.50. The first-order valence-electron chi connectivity index (χ1n) is 9.03. The lowest BCUT2D eigenvalue weighted by molar-refractivity contribution is 0.457. The van der Waals surface area contributed by atoms with E-state index in [0.29, 0.717) is 4.90 Å². The third kappa shape index (κ3) is 5.27. The minimum absolute atomic E-state index is 0.0108. The molecule has 0 saturated heterocycles. The van der Waals surface area contributed by atoms with Gasteiger partial charge in [-0.1, -0.05) is 49.7 Å². The van der Waals surface area contributed by atoms with Gasteiger partial charge in [-0.05, 0) is 57.4 Å². The van der Waals surface area contributed by atoms with Crippen molar-refractivity contribution in [3.63, 3.8) is 0 Å². The third-order valence-corrected chi connectivity index (χ3v) is 7.63. The summed E-state index contributed by atoms with van der Waals surface area (Å²) in [5, 5.41) is 0. The predicted octanol–water partition coefficient (Wildman–Crippen LogP) is 4.58. The molecule has 0 aromatic heterocycles. The van der Waals surface area contributed by atoms with Crippen LogP contribution in [0.15, 0.2) is 58.3 Å². The van der Waals surface area contributed by atoms with Gasteiger partial charge in [0.05, 0.1) is 21.7 Å². The molecule has 148 valence electrons. The zero-order valence-corrected chi connectivity index (χ0v) is 18.4. The van der Waals surface area contributed by atoms with E-state index in [4.69, 9.17) is 0 Å². The summed E-state index contributed by atoms with van der Waals surface area (Å²) in [6.07, 6.45) is 0. The summed E-state index contributed by atoms with van der Waals surface area (Å²) in [6.45, 7) is 11.6. The van der Waals surface area contributed by atoms with Crippen LogP contribution in [-0.4, -0.2) is 17.4 Å². The van der Waals surface area contributed by atoms with E-state index in [1.165, 1.54) is 0 Å². The van der Waals surface area contributed by atoms with E-state index in [9.17, 15) is 12.6 Å². The van der Waals surface area contributed by atoms with Crippen LogP contribution in [-0.2, 0) is 20.8 Å². The highest BCUT2D eigenvalue weighted by molar-refractivity contribution is 7.89. The fourth-order valence-electron chi connectivity index (χ4n) is 2.75. The highest BCUT2D eigenvalue weighted by Gasteiger charge is 2.30. The second kappa shape index (κ2) is 8.25. The highest BCUT2D eigenvalue weighted by Crippen LogP contribution is 2.32. The van der Waals surface area contributed by atoms with Gasteiger partial charge in [-0.25, -0.2) is 13.1 Å². The van der Waals surface area contributed by atoms with Crippen molar-refractivity contribution in [2.45, 2.75) is 62.1 Å². The van der Waals surface area contributed by atoms with E-state index < -0.39 is 31.6 Å². The number of benzene rings is 2. The molecular formula is C21H29NO3S2. The van der Waals surface area contributed by atoms with E-state index in [1.54, 1.807) is 24.3 Å². The van der Waals surface area contributed by atoms with E-state index in [0.717, 1.165) is 11.1 Å². The number of hydrogen-bond acceptors (Lipinski definition) is 3. The lowest BCUT2D eigenvalue weighted by Gasteiger charge is -2.27. The second-order valence-electron chi connectivity index (χ2n) is 8.07. The number of nitrogens with one attached hydrogen (secondary N) is 1. The Morgan fingerprint density at radius 3 is 2.04 bits per heavy atom. The van der Waals surface area contributed by atoms with Crippen molar-refractivity contribution in [1.29, 1.82) is 0 Å². The van der Waals surface area contributed by atoms with Crippen LogP contribution in [0.5, 0.6) is 0 Å². The molecule has 0 bridgehead atoms. The molecule has 0 aliphatic heterocycles. The number of sulfonamides is 1. The van der Waals surface area contributed by atoms with E-state index in [2.05, 4.69) is 4.72 Å². The molecule has 27 heavy (non-hydrogen) atoms. The summed E-state index contributed by atoms with van der Waals surface area (Å²) in [4.78, 5) is 0.906. The van der Waals surface area contributed by atoms with Crippen LogP contribution in [0.1, 0.15) is 51.8 Å². The van der Waals surface area contributed by atoms with Gasteiger partial charge < -0.3 is 0 Å². The number of aryl methyl sites for hydroxylation is 1. The summed E-state index contributed by atoms with van der Waals surface area (Å²) >= 11 is 0. The Morgan fingerprint density at radius 2 is 1.52 bits per heavy atom. The van der Waals surface area contributed by atoms with Crippen molar-refractivity contribution in [2.24, 2.45) is 5.92 Å². The molecule has 0 unspecified atom stereocenters. The molecule has 0 radical (unpaired) electrons. The van der Waals surface area contributed by atoms with E-state index >= 15 is 0 Å².